The molecule has 1 aromatic carbocycles. The van der Waals surface area contributed by atoms with Gasteiger partial charge in [0.1, 0.15) is 0 Å². The third-order valence-electron chi connectivity index (χ3n) is 6.08. The van der Waals surface area contributed by atoms with E-state index in [2.05, 4.69) is 51.4 Å². The molecule has 6 nitrogen and oxygen atoms in total. The standard InChI is InChI=1S/C23H40ClN5O/c1-5-29(6-2)22(20-9-7-8-10-21(20)24)18-27-23(25-3)26-17-19-11-13-28(14-12-19)15-16-30-4/h7-10,19,22H,5-6,11-18H2,1-4H3,(H2,25,26,27). The number of hydrogen-bond acceptors (Lipinski definition) is 4. The molecule has 0 amide bonds. The predicted octanol–water partition coefficient (Wildman–Crippen LogP) is 3.25. The van der Waals surface area contributed by atoms with Crippen molar-refractivity contribution in [2.45, 2.75) is 32.7 Å². The zero-order valence-electron chi connectivity index (χ0n) is 19.2. The summed E-state index contributed by atoms with van der Waals surface area (Å²) in [4.78, 5) is 9.36. The van der Waals surface area contributed by atoms with Crippen LogP contribution in [0.5, 0.6) is 0 Å². The fourth-order valence-electron chi connectivity index (χ4n) is 4.13. The second-order valence-electron chi connectivity index (χ2n) is 7.87. The van der Waals surface area contributed by atoms with E-state index in [-0.39, 0.29) is 6.04 Å². The van der Waals surface area contributed by atoms with Crippen LogP contribution in [0.1, 0.15) is 38.3 Å². The zero-order valence-corrected chi connectivity index (χ0v) is 19.9. The van der Waals surface area contributed by atoms with Crippen LogP contribution >= 0.6 is 11.6 Å². The SMILES string of the molecule is CCN(CC)C(CNC(=NC)NCC1CCN(CCOC)CC1)c1ccccc1Cl. The Kier molecular flexibility index (Phi) is 11.5. The number of aliphatic imine (C=N–C) groups is 1. The number of nitrogens with one attached hydrogen (secondary N) is 2. The molecule has 1 unspecified atom stereocenters. The van der Waals surface area contributed by atoms with Crippen molar-refractivity contribution in [3.8, 4) is 0 Å². The highest BCUT2D eigenvalue weighted by atomic mass is 35.5. The minimum Gasteiger partial charge on any atom is -0.383 e. The number of ether oxygens (including phenoxy) is 1. The summed E-state index contributed by atoms with van der Waals surface area (Å²) in [6, 6.07) is 8.35. The van der Waals surface area contributed by atoms with Crippen LogP contribution in [0, 0.1) is 5.92 Å². The van der Waals surface area contributed by atoms with Crippen molar-refractivity contribution in [1.29, 1.82) is 0 Å². The van der Waals surface area contributed by atoms with Crippen LogP contribution in [0.15, 0.2) is 29.3 Å². The van der Waals surface area contributed by atoms with Crippen molar-refractivity contribution in [2.24, 2.45) is 10.9 Å². The van der Waals surface area contributed by atoms with Gasteiger partial charge in [-0.1, -0.05) is 43.6 Å². The van der Waals surface area contributed by atoms with E-state index in [1.807, 2.05) is 19.2 Å². The van der Waals surface area contributed by atoms with Crippen LogP contribution in [0.25, 0.3) is 0 Å². The highest BCUT2D eigenvalue weighted by Gasteiger charge is 2.22. The molecule has 30 heavy (non-hydrogen) atoms. The molecule has 170 valence electrons. The van der Waals surface area contributed by atoms with Gasteiger partial charge in [0.25, 0.3) is 0 Å². The molecule has 1 aliphatic rings. The number of halogens is 1. The molecular weight excluding hydrogens is 398 g/mol. The van der Waals surface area contributed by atoms with Crippen LogP contribution < -0.4 is 10.6 Å². The predicted molar refractivity (Wildman–Crippen MR) is 128 cm³/mol. The number of likely N-dealkylation sites (N-methyl/N-ethyl adjacent to an activating group) is 1. The first-order valence-electron chi connectivity index (χ1n) is 11.3. The number of hydrogen-bond donors (Lipinski definition) is 2. The van der Waals surface area contributed by atoms with Gasteiger partial charge in [0.2, 0.25) is 0 Å². The second-order valence-corrected chi connectivity index (χ2v) is 8.28. The lowest BCUT2D eigenvalue weighted by Crippen LogP contribution is -2.46. The van der Waals surface area contributed by atoms with Gasteiger partial charge in [-0.05, 0) is 56.6 Å². The van der Waals surface area contributed by atoms with Crippen LogP contribution in [0.2, 0.25) is 5.02 Å². The Morgan fingerprint density at radius 3 is 2.53 bits per heavy atom. The van der Waals surface area contributed by atoms with Gasteiger partial charge in [-0.25, -0.2) is 0 Å². The second kappa shape index (κ2) is 13.9. The Bertz CT molecular complexity index is 630. The largest absolute Gasteiger partial charge is 0.383 e. The highest BCUT2D eigenvalue weighted by Crippen LogP contribution is 2.27. The molecular formula is C23H40ClN5O. The monoisotopic (exact) mass is 437 g/mol. The van der Waals surface area contributed by atoms with Crippen molar-refractivity contribution in [1.82, 2.24) is 20.4 Å². The normalized spacial score (nSPS) is 17.3. The Morgan fingerprint density at radius 2 is 1.93 bits per heavy atom. The smallest absolute Gasteiger partial charge is 0.191 e. The Morgan fingerprint density at radius 1 is 1.23 bits per heavy atom. The van der Waals surface area contributed by atoms with E-state index in [9.17, 15) is 0 Å². The summed E-state index contributed by atoms with van der Waals surface area (Å²) in [6.45, 7) is 12.2. The van der Waals surface area contributed by atoms with Gasteiger partial charge >= 0.3 is 0 Å². The van der Waals surface area contributed by atoms with Crippen molar-refractivity contribution >= 4 is 17.6 Å². The van der Waals surface area contributed by atoms with Gasteiger partial charge in [0, 0.05) is 38.8 Å². The number of benzene rings is 1. The first-order valence-corrected chi connectivity index (χ1v) is 11.6. The molecule has 0 aliphatic carbocycles. The summed E-state index contributed by atoms with van der Waals surface area (Å²) in [7, 11) is 3.61. The molecule has 1 aliphatic heterocycles. The average Bonchev–Trinajstić information content (AvgIpc) is 2.78. The molecule has 0 radical (unpaired) electrons. The summed E-state index contributed by atoms with van der Waals surface area (Å²) >= 11 is 6.52. The Hall–Kier alpha value is -1.34. The number of likely N-dealkylation sites (tertiary alicyclic amines) is 1. The fraction of sp³-hybridized carbons (Fsp3) is 0.696. The van der Waals surface area contributed by atoms with Gasteiger partial charge in [-0.3, -0.25) is 9.89 Å². The minimum atomic E-state index is 0.205. The molecule has 1 aromatic rings. The average molecular weight is 438 g/mol. The summed E-state index contributed by atoms with van der Waals surface area (Å²) < 4.78 is 5.19. The highest BCUT2D eigenvalue weighted by molar-refractivity contribution is 6.31. The maximum atomic E-state index is 6.52. The number of methoxy groups -OCH3 is 1. The number of nitrogens with zero attached hydrogens (tertiary/aromatic N) is 3. The molecule has 0 spiro atoms. The van der Waals surface area contributed by atoms with E-state index in [1.165, 1.54) is 12.8 Å². The summed E-state index contributed by atoms with van der Waals surface area (Å²) in [5, 5.41) is 7.89. The van der Waals surface area contributed by atoms with E-state index in [4.69, 9.17) is 16.3 Å². The van der Waals surface area contributed by atoms with Crippen molar-refractivity contribution < 1.29 is 4.74 Å². The van der Waals surface area contributed by atoms with Gasteiger partial charge < -0.3 is 20.3 Å². The molecule has 1 fully saturated rings. The lowest BCUT2D eigenvalue weighted by Gasteiger charge is -2.33. The van der Waals surface area contributed by atoms with Gasteiger partial charge in [-0.2, -0.15) is 0 Å². The van der Waals surface area contributed by atoms with Crippen LogP contribution in [-0.2, 0) is 4.74 Å². The molecule has 0 bridgehead atoms. The van der Waals surface area contributed by atoms with E-state index >= 15 is 0 Å². The number of rotatable bonds is 11. The van der Waals surface area contributed by atoms with Gasteiger partial charge in [0.15, 0.2) is 5.96 Å². The summed E-state index contributed by atoms with van der Waals surface area (Å²) in [5.74, 6) is 1.55. The summed E-state index contributed by atoms with van der Waals surface area (Å²) in [5.41, 5.74) is 1.16. The van der Waals surface area contributed by atoms with Crippen LogP contribution in [-0.4, -0.2) is 82.3 Å². The minimum absolute atomic E-state index is 0.205. The molecule has 0 saturated carbocycles. The van der Waals surface area contributed by atoms with Crippen LogP contribution in [0.3, 0.4) is 0 Å². The molecule has 1 heterocycles. The lowest BCUT2D eigenvalue weighted by atomic mass is 9.97. The maximum absolute atomic E-state index is 6.52. The van der Waals surface area contributed by atoms with Crippen molar-refractivity contribution in [3.63, 3.8) is 0 Å². The Labute approximate surface area is 188 Å². The number of guanidine groups is 1. The summed E-state index contributed by atoms with van der Waals surface area (Å²) in [6.07, 6.45) is 2.44. The molecule has 1 saturated heterocycles. The molecule has 2 rings (SSSR count). The molecule has 0 aromatic heterocycles. The van der Waals surface area contributed by atoms with Crippen LogP contribution in [0.4, 0.5) is 0 Å². The zero-order chi connectivity index (χ0) is 21.8. The maximum Gasteiger partial charge on any atom is 0.191 e. The third kappa shape index (κ3) is 7.73. The fourth-order valence-corrected chi connectivity index (χ4v) is 4.40. The molecule has 7 heteroatoms. The topological polar surface area (TPSA) is 52.1 Å². The first kappa shape index (κ1) is 24.9. The van der Waals surface area contributed by atoms with Gasteiger partial charge in [0.05, 0.1) is 12.6 Å². The first-order chi connectivity index (χ1) is 14.6. The van der Waals surface area contributed by atoms with E-state index < -0.39 is 0 Å². The quantitative estimate of drug-likeness (QED) is 0.411. The van der Waals surface area contributed by atoms with Gasteiger partial charge in [-0.15, -0.1) is 0 Å². The lowest BCUT2D eigenvalue weighted by molar-refractivity contribution is 0.121. The number of piperidine rings is 1. The van der Waals surface area contributed by atoms with E-state index in [0.717, 1.165) is 69.0 Å². The third-order valence-corrected chi connectivity index (χ3v) is 6.42. The van der Waals surface area contributed by atoms with E-state index in [0.29, 0.717) is 5.92 Å². The molecule has 1 atom stereocenters. The Balaban J connectivity index is 1.86. The van der Waals surface area contributed by atoms with Crippen molar-refractivity contribution in [3.05, 3.63) is 34.9 Å². The molecule has 2 N–H and O–H groups in total. The van der Waals surface area contributed by atoms with E-state index in [1.54, 1.807) is 7.11 Å². The van der Waals surface area contributed by atoms with Crippen molar-refractivity contribution in [2.75, 3.05) is 66.6 Å².